The maximum absolute atomic E-state index is 12.9. The van der Waals surface area contributed by atoms with Gasteiger partial charge in [0.15, 0.2) is 9.84 Å². The van der Waals surface area contributed by atoms with Crippen LogP contribution in [0.1, 0.15) is 10.4 Å². The van der Waals surface area contributed by atoms with Crippen molar-refractivity contribution in [3.63, 3.8) is 0 Å². The summed E-state index contributed by atoms with van der Waals surface area (Å²) in [6, 6.07) is 8.91. The lowest BCUT2D eigenvalue weighted by molar-refractivity contribution is 0.0989. The van der Waals surface area contributed by atoms with E-state index in [1.165, 1.54) is 43.5 Å². The number of hydrogen-bond acceptors (Lipinski definition) is 7. The Bertz CT molecular complexity index is 1030. The highest BCUT2D eigenvalue weighted by atomic mass is 32.2. The number of carbonyl (C=O) groups is 1. The van der Waals surface area contributed by atoms with Crippen LogP contribution in [0.15, 0.2) is 47.5 Å². The molecule has 0 N–H and O–H groups in total. The van der Waals surface area contributed by atoms with Crippen LogP contribution in [0.3, 0.4) is 0 Å². The summed E-state index contributed by atoms with van der Waals surface area (Å²) in [7, 11) is -4.46. The molecule has 0 aliphatic carbocycles. The SMILES string of the molecule is COc1ccc(N(C)C(=O)c2ccccc2S(=O)(=O)CCS(C)(=O)=O)cn1. The van der Waals surface area contributed by atoms with Gasteiger partial charge < -0.3 is 9.64 Å². The highest BCUT2D eigenvalue weighted by molar-refractivity contribution is 7.94. The Kier molecular flexibility index (Phi) is 6.22. The van der Waals surface area contributed by atoms with Crippen molar-refractivity contribution in [2.45, 2.75) is 4.90 Å². The standard InChI is InChI=1S/C17H20N2O6S2/c1-19(13-8-9-16(25-2)18-12-13)17(20)14-6-4-5-7-15(14)27(23,24)11-10-26(3,21)22/h4-9,12H,10-11H2,1-3H3. The highest BCUT2D eigenvalue weighted by Gasteiger charge is 2.25. The average Bonchev–Trinajstić information content (AvgIpc) is 2.65. The minimum Gasteiger partial charge on any atom is -0.481 e. The monoisotopic (exact) mass is 412 g/mol. The van der Waals surface area contributed by atoms with Crippen LogP contribution in [0, 0.1) is 0 Å². The number of pyridine rings is 1. The van der Waals surface area contributed by atoms with Crippen molar-refractivity contribution < 1.29 is 26.4 Å². The van der Waals surface area contributed by atoms with Gasteiger partial charge in [0.25, 0.3) is 5.91 Å². The summed E-state index contributed by atoms with van der Waals surface area (Å²) in [4.78, 5) is 17.9. The number of anilines is 1. The molecule has 10 heteroatoms. The van der Waals surface area contributed by atoms with Crippen molar-refractivity contribution in [2.24, 2.45) is 0 Å². The van der Waals surface area contributed by atoms with Crippen molar-refractivity contribution in [1.29, 1.82) is 0 Å². The second-order valence-electron chi connectivity index (χ2n) is 5.87. The first-order valence-corrected chi connectivity index (χ1v) is 11.5. The van der Waals surface area contributed by atoms with Crippen LogP contribution in [-0.4, -0.2) is 59.6 Å². The summed E-state index contributed by atoms with van der Waals surface area (Å²) in [5.41, 5.74) is 0.411. The lowest BCUT2D eigenvalue weighted by atomic mass is 10.2. The average molecular weight is 412 g/mol. The molecule has 0 bridgehead atoms. The first kappa shape index (κ1) is 20.8. The normalized spacial score (nSPS) is 11.8. The van der Waals surface area contributed by atoms with Crippen molar-refractivity contribution >= 4 is 31.3 Å². The topological polar surface area (TPSA) is 111 Å². The number of sulfone groups is 2. The molecule has 0 atom stereocenters. The predicted octanol–water partition coefficient (Wildman–Crippen LogP) is 1.19. The number of ether oxygens (including phenoxy) is 1. The number of methoxy groups -OCH3 is 1. The van der Waals surface area contributed by atoms with Crippen LogP contribution in [0.25, 0.3) is 0 Å². The van der Waals surface area contributed by atoms with Gasteiger partial charge in [-0.05, 0) is 18.2 Å². The van der Waals surface area contributed by atoms with Gasteiger partial charge in [-0.2, -0.15) is 0 Å². The molecule has 0 fully saturated rings. The van der Waals surface area contributed by atoms with Crippen molar-refractivity contribution in [3.8, 4) is 5.88 Å². The van der Waals surface area contributed by atoms with Crippen LogP contribution in [0.4, 0.5) is 5.69 Å². The van der Waals surface area contributed by atoms with E-state index in [9.17, 15) is 21.6 Å². The van der Waals surface area contributed by atoms with E-state index < -0.39 is 37.1 Å². The molecule has 0 aliphatic rings. The molecule has 0 radical (unpaired) electrons. The number of rotatable bonds is 7. The van der Waals surface area contributed by atoms with Crippen LogP contribution >= 0.6 is 0 Å². The molecule has 0 aliphatic heterocycles. The fourth-order valence-corrected chi connectivity index (χ4v) is 5.36. The Morgan fingerprint density at radius 2 is 1.74 bits per heavy atom. The summed E-state index contributed by atoms with van der Waals surface area (Å²) in [5, 5.41) is 0. The third kappa shape index (κ3) is 5.27. The van der Waals surface area contributed by atoms with E-state index in [4.69, 9.17) is 4.74 Å². The Balaban J connectivity index is 2.36. The second kappa shape index (κ2) is 8.05. The highest BCUT2D eigenvalue weighted by Crippen LogP contribution is 2.22. The number of hydrogen-bond donors (Lipinski definition) is 0. The molecular formula is C17H20N2O6S2. The zero-order chi connectivity index (χ0) is 20.2. The van der Waals surface area contributed by atoms with Crippen molar-refractivity contribution in [2.75, 3.05) is 36.8 Å². The Labute approximate surface area is 158 Å². The second-order valence-corrected chi connectivity index (χ2v) is 10.2. The van der Waals surface area contributed by atoms with Gasteiger partial charge in [0.05, 0.1) is 41.0 Å². The summed E-state index contributed by atoms with van der Waals surface area (Å²) >= 11 is 0. The minimum atomic E-state index is -3.96. The maximum Gasteiger partial charge on any atom is 0.259 e. The van der Waals surface area contributed by atoms with Gasteiger partial charge in [-0.25, -0.2) is 21.8 Å². The molecule has 1 aromatic heterocycles. The molecule has 27 heavy (non-hydrogen) atoms. The zero-order valence-corrected chi connectivity index (χ0v) is 16.7. The molecule has 1 amide bonds. The van der Waals surface area contributed by atoms with Crippen molar-refractivity contribution in [3.05, 3.63) is 48.2 Å². The van der Waals surface area contributed by atoms with E-state index in [-0.39, 0.29) is 10.5 Å². The third-order valence-electron chi connectivity index (χ3n) is 3.80. The van der Waals surface area contributed by atoms with E-state index in [1.807, 2.05) is 0 Å². The lowest BCUT2D eigenvalue weighted by Gasteiger charge is -2.19. The minimum absolute atomic E-state index is 0.0377. The van der Waals surface area contributed by atoms with Gasteiger partial charge in [0, 0.05) is 19.4 Å². The van der Waals surface area contributed by atoms with Crippen LogP contribution < -0.4 is 9.64 Å². The smallest absolute Gasteiger partial charge is 0.259 e. The molecular weight excluding hydrogens is 392 g/mol. The first-order valence-electron chi connectivity index (χ1n) is 7.83. The zero-order valence-electron chi connectivity index (χ0n) is 15.1. The molecule has 0 spiro atoms. The van der Waals surface area contributed by atoms with E-state index in [1.54, 1.807) is 18.2 Å². The molecule has 1 heterocycles. The Morgan fingerprint density at radius 3 is 2.30 bits per heavy atom. The van der Waals surface area contributed by atoms with Crippen LogP contribution in [-0.2, 0) is 19.7 Å². The molecule has 2 aromatic rings. The van der Waals surface area contributed by atoms with E-state index in [2.05, 4.69) is 4.98 Å². The molecule has 0 unspecified atom stereocenters. The number of nitrogens with zero attached hydrogens (tertiary/aromatic N) is 2. The van der Waals surface area contributed by atoms with Crippen LogP contribution in [0.2, 0.25) is 0 Å². The summed E-state index contributed by atoms with van der Waals surface area (Å²) < 4.78 is 52.8. The first-order chi connectivity index (χ1) is 12.5. The maximum atomic E-state index is 12.9. The number of benzene rings is 1. The van der Waals surface area contributed by atoms with Crippen molar-refractivity contribution in [1.82, 2.24) is 4.98 Å². The lowest BCUT2D eigenvalue weighted by Crippen LogP contribution is -2.28. The van der Waals surface area contributed by atoms with E-state index in [0.29, 0.717) is 11.6 Å². The molecule has 0 saturated carbocycles. The number of carbonyl (C=O) groups excluding carboxylic acids is 1. The summed E-state index contributed by atoms with van der Waals surface area (Å²) in [5.74, 6) is -1.29. The molecule has 8 nitrogen and oxygen atoms in total. The van der Waals surface area contributed by atoms with Gasteiger partial charge in [-0.15, -0.1) is 0 Å². The quantitative estimate of drug-likeness (QED) is 0.671. The van der Waals surface area contributed by atoms with Gasteiger partial charge in [0.1, 0.15) is 9.84 Å². The Hall–Kier alpha value is -2.46. The summed E-state index contributed by atoms with van der Waals surface area (Å²) in [6.45, 7) is 0. The number of aromatic nitrogens is 1. The summed E-state index contributed by atoms with van der Waals surface area (Å²) in [6.07, 6.45) is 2.39. The molecule has 1 aromatic carbocycles. The van der Waals surface area contributed by atoms with Gasteiger partial charge in [-0.1, -0.05) is 12.1 Å². The third-order valence-corrected chi connectivity index (χ3v) is 6.77. The molecule has 146 valence electrons. The molecule has 0 saturated heterocycles. The van der Waals surface area contributed by atoms with E-state index in [0.717, 1.165) is 6.26 Å². The number of amides is 1. The Morgan fingerprint density at radius 1 is 1.07 bits per heavy atom. The van der Waals surface area contributed by atoms with Gasteiger partial charge in [0.2, 0.25) is 5.88 Å². The predicted molar refractivity (Wildman–Crippen MR) is 102 cm³/mol. The van der Waals surface area contributed by atoms with E-state index >= 15 is 0 Å². The molecule has 2 rings (SSSR count). The van der Waals surface area contributed by atoms with Gasteiger partial charge in [-0.3, -0.25) is 4.79 Å². The van der Waals surface area contributed by atoms with Gasteiger partial charge >= 0.3 is 0 Å². The fraction of sp³-hybridized carbons (Fsp3) is 0.294. The fourth-order valence-electron chi connectivity index (χ4n) is 2.28. The van der Waals surface area contributed by atoms with Crippen LogP contribution in [0.5, 0.6) is 5.88 Å². The largest absolute Gasteiger partial charge is 0.481 e.